The number of benzene rings is 1. The Labute approximate surface area is 166 Å². The van der Waals surface area contributed by atoms with Crippen molar-refractivity contribution in [3.63, 3.8) is 0 Å². The Morgan fingerprint density at radius 1 is 1.23 bits per heavy atom. The van der Waals surface area contributed by atoms with Gasteiger partial charge in [0.2, 0.25) is 5.91 Å². The second-order valence-corrected chi connectivity index (χ2v) is 8.09. The van der Waals surface area contributed by atoms with E-state index < -0.39 is 0 Å². The molecule has 1 aliphatic rings. The lowest BCUT2D eigenvalue weighted by atomic mass is 10.2. The topological polar surface area (TPSA) is 50.8 Å². The molecule has 1 amide bonds. The summed E-state index contributed by atoms with van der Waals surface area (Å²) in [6.07, 6.45) is 0.812. The van der Waals surface area contributed by atoms with E-state index in [1.54, 1.807) is 12.1 Å². The van der Waals surface area contributed by atoms with Crippen LogP contribution in [-0.2, 0) is 11.3 Å². The summed E-state index contributed by atoms with van der Waals surface area (Å²) >= 11 is 13.8. The van der Waals surface area contributed by atoms with Crippen LogP contribution in [0.25, 0.3) is 0 Å². The number of carbonyl (C=O) groups excluding carboxylic acids is 1. The lowest BCUT2D eigenvalue weighted by Crippen LogP contribution is -2.32. The summed E-state index contributed by atoms with van der Waals surface area (Å²) in [5, 5.41) is 3.29. The largest absolute Gasteiger partial charge is 0.490 e. The van der Waals surface area contributed by atoms with Crippen LogP contribution in [0, 0.1) is 0 Å². The molecule has 0 radical (unpaired) electrons. The number of thiophene rings is 1. The van der Waals surface area contributed by atoms with Gasteiger partial charge in [0.1, 0.15) is 0 Å². The molecule has 1 aromatic carbocycles. The molecule has 26 heavy (non-hydrogen) atoms. The molecule has 0 spiro atoms. The molecular formula is C18H20Cl2N2O3S. The van der Waals surface area contributed by atoms with E-state index in [9.17, 15) is 4.79 Å². The van der Waals surface area contributed by atoms with E-state index in [2.05, 4.69) is 5.32 Å². The second-order valence-electron chi connectivity index (χ2n) is 5.89. The fraction of sp³-hybridized carbons (Fsp3) is 0.389. The van der Waals surface area contributed by atoms with Crippen LogP contribution in [0.3, 0.4) is 0 Å². The van der Waals surface area contributed by atoms with Gasteiger partial charge in [-0.1, -0.05) is 30.1 Å². The number of hydrogen-bond acceptors (Lipinski definition) is 5. The molecule has 1 aliphatic heterocycles. The molecule has 0 saturated heterocycles. The first kappa shape index (κ1) is 19.3. The zero-order chi connectivity index (χ0) is 18.5. The molecule has 0 saturated carbocycles. The Balaban J connectivity index is 1.64. The molecule has 5 nitrogen and oxygen atoms in total. The Morgan fingerprint density at radius 2 is 1.96 bits per heavy atom. The summed E-state index contributed by atoms with van der Waals surface area (Å²) in [7, 11) is 0. The molecule has 0 bridgehead atoms. The molecular weight excluding hydrogens is 395 g/mol. The van der Waals surface area contributed by atoms with Gasteiger partial charge in [-0.2, -0.15) is 0 Å². The lowest BCUT2D eigenvalue weighted by molar-refractivity contribution is -0.117. The summed E-state index contributed by atoms with van der Waals surface area (Å²) in [4.78, 5) is 15.6. The summed E-state index contributed by atoms with van der Waals surface area (Å²) in [6.45, 7) is 4.87. The zero-order valence-electron chi connectivity index (χ0n) is 14.4. The number of carbonyl (C=O) groups is 1. The summed E-state index contributed by atoms with van der Waals surface area (Å²) in [5.41, 5.74) is 0.524. The first-order valence-electron chi connectivity index (χ1n) is 8.40. The van der Waals surface area contributed by atoms with Crippen molar-refractivity contribution in [1.82, 2.24) is 4.90 Å². The molecule has 2 heterocycles. The number of nitrogens with one attached hydrogen (secondary N) is 1. The highest BCUT2D eigenvalue weighted by Crippen LogP contribution is 2.37. The maximum atomic E-state index is 12.5. The molecule has 1 N–H and O–H groups in total. The van der Waals surface area contributed by atoms with E-state index in [1.165, 1.54) is 11.3 Å². The van der Waals surface area contributed by atoms with Crippen molar-refractivity contribution in [3.05, 3.63) is 38.5 Å². The highest BCUT2D eigenvalue weighted by molar-refractivity contribution is 7.16. The van der Waals surface area contributed by atoms with Crippen LogP contribution in [-0.4, -0.2) is 37.1 Å². The third kappa shape index (κ3) is 5.04. The fourth-order valence-corrected chi connectivity index (χ4v) is 3.94. The van der Waals surface area contributed by atoms with Gasteiger partial charge in [0.15, 0.2) is 11.5 Å². The number of ether oxygens (including phenoxy) is 2. The van der Waals surface area contributed by atoms with E-state index in [4.69, 9.17) is 32.7 Å². The van der Waals surface area contributed by atoms with Gasteiger partial charge in [-0.3, -0.25) is 9.69 Å². The fourth-order valence-electron chi connectivity index (χ4n) is 2.61. The van der Waals surface area contributed by atoms with Gasteiger partial charge in [0, 0.05) is 30.0 Å². The number of anilines is 1. The minimum atomic E-state index is -0.133. The monoisotopic (exact) mass is 414 g/mol. The average Bonchev–Trinajstić information content (AvgIpc) is 2.88. The van der Waals surface area contributed by atoms with Gasteiger partial charge in [0.25, 0.3) is 0 Å². The molecule has 3 rings (SSSR count). The van der Waals surface area contributed by atoms with Crippen LogP contribution in [0.15, 0.2) is 24.3 Å². The number of halogens is 2. The van der Waals surface area contributed by atoms with Crippen molar-refractivity contribution in [2.45, 2.75) is 19.9 Å². The summed E-state index contributed by atoms with van der Waals surface area (Å²) in [5.74, 6) is 1.07. The molecule has 140 valence electrons. The zero-order valence-corrected chi connectivity index (χ0v) is 16.7. The van der Waals surface area contributed by atoms with Crippen LogP contribution >= 0.6 is 34.5 Å². The van der Waals surface area contributed by atoms with Gasteiger partial charge < -0.3 is 14.8 Å². The predicted octanol–water partition coefficient (Wildman–Crippen LogP) is 4.68. The van der Waals surface area contributed by atoms with Gasteiger partial charge in [-0.05, 0) is 18.7 Å². The summed E-state index contributed by atoms with van der Waals surface area (Å²) in [6, 6.07) is 7.25. The number of amides is 1. The minimum absolute atomic E-state index is 0.133. The third-order valence-electron chi connectivity index (χ3n) is 3.93. The lowest BCUT2D eigenvalue weighted by Gasteiger charge is -2.19. The van der Waals surface area contributed by atoms with Crippen LogP contribution in [0.5, 0.6) is 11.5 Å². The quantitative estimate of drug-likeness (QED) is 0.745. The average molecular weight is 415 g/mol. The second kappa shape index (κ2) is 8.95. The predicted molar refractivity (Wildman–Crippen MR) is 106 cm³/mol. The van der Waals surface area contributed by atoms with Crippen molar-refractivity contribution in [3.8, 4) is 11.5 Å². The minimum Gasteiger partial charge on any atom is -0.490 e. The molecule has 1 aromatic heterocycles. The number of nitrogens with zero attached hydrogens (tertiary/aromatic N) is 1. The Kier molecular flexibility index (Phi) is 6.64. The molecule has 0 aliphatic carbocycles. The van der Waals surface area contributed by atoms with Crippen molar-refractivity contribution >= 4 is 46.1 Å². The molecule has 0 fully saturated rings. The third-order valence-corrected chi connectivity index (χ3v) is 5.46. The Hall–Kier alpha value is -1.47. The van der Waals surface area contributed by atoms with Crippen molar-refractivity contribution in [2.75, 3.05) is 31.6 Å². The smallest absolute Gasteiger partial charge is 0.238 e. The van der Waals surface area contributed by atoms with Crippen molar-refractivity contribution in [2.24, 2.45) is 0 Å². The molecule has 2 aromatic rings. The van der Waals surface area contributed by atoms with E-state index in [0.717, 1.165) is 22.2 Å². The highest BCUT2D eigenvalue weighted by Gasteiger charge is 2.17. The van der Waals surface area contributed by atoms with Crippen molar-refractivity contribution < 1.29 is 14.3 Å². The molecule has 0 atom stereocenters. The van der Waals surface area contributed by atoms with Gasteiger partial charge in [-0.15, -0.1) is 11.3 Å². The molecule has 0 unspecified atom stereocenters. The van der Waals surface area contributed by atoms with Gasteiger partial charge in [-0.25, -0.2) is 0 Å². The normalized spacial score (nSPS) is 13.5. The first-order chi connectivity index (χ1) is 12.5. The standard InChI is InChI=1S/C18H20Cl2N2O3S/c1-2-22(10-12-4-5-17(20)26-12)11-18(23)21-14-9-16-15(8-13(14)19)24-6-3-7-25-16/h4-5,8-9H,2-3,6-7,10-11H2,1H3,(H,21,23). The number of hydrogen-bond donors (Lipinski definition) is 1. The van der Waals surface area contributed by atoms with E-state index >= 15 is 0 Å². The highest BCUT2D eigenvalue weighted by atomic mass is 35.5. The van der Waals surface area contributed by atoms with E-state index in [1.807, 2.05) is 24.0 Å². The number of likely N-dealkylation sites (N-methyl/N-ethyl adjacent to an activating group) is 1. The van der Waals surface area contributed by atoms with E-state index in [-0.39, 0.29) is 12.5 Å². The SMILES string of the molecule is CCN(CC(=O)Nc1cc2c(cc1Cl)OCCCO2)Cc1ccc(Cl)s1. The Bertz CT molecular complexity index is 782. The van der Waals surface area contributed by atoms with Crippen LogP contribution < -0.4 is 14.8 Å². The number of fused-ring (bicyclic) bond motifs is 1. The van der Waals surface area contributed by atoms with Gasteiger partial charge in [0.05, 0.1) is 34.8 Å². The maximum Gasteiger partial charge on any atom is 0.238 e. The first-order valence-corrected chi connectivity index (χ1v) is 9.98. The Morgan fingerprint density at radius 3 is 2.62 bits per heavy atom. The summed E-state index contributed by atoms with van der Waals surface area (Å²) < 4.78 is 12.0. The van der Waals surface area contributed by atoms with Crippen LogP contribution in [0.2, 0.25) is 9.36 Å². The van der Waals surface area contributed by atoms with Gasteiger partial charge >= 0.3 is 0 Å². The van der Waals surface area contributed by atoms with E-state index in [0.29, 0.717) is 42.0 Å². The van der Waals surface area contributed by atoms with Crippen molar-refractivity contribution in [1.29, 1.82) is 0 Å². The number of rotatable bonds is 6. The van der Waals surface area contributed by atoms with Crippen LogP contribution in [0.1, 0.15) is 18.2 Å². The molecule has 8 heteroatoms. The van der Waals surface area contributed by atoms with Crippen LogP contribution in [0.4, 0.5) is 5.69 Å². The maximum absolute atomic E-state index is 12.5.